The van der Waals surface area contributed by atoms with Crippen LogP contribution in [0, 0.1) is 0 Å². The fourth-order valence-electron chi connectivity index (χ4n) is 1.41. The number of halogens is 3. The van der Waals surface area contributed by atoms with E-state index in [2.05, 4.69) is 10.1 Å². The van der Waals surface area contributed by atoms with Crippen molar-refractivity contribution in [2.24, 2.45) is 0 Å². The molecule has 0 bridgehead atoms. The number of esters is 1. The third-order valence-corrected chi connectivity index (χ3v) is 2.33. The lowest BCUT2D eigenvalue weighted by Crippen LogP contribution is -2.57. The molecule has 0 spiro atoms. The average molecular weight is 271 g/mol. The van der Waals surface area contributed by atoms with Gasteiger partial charge in [-0.05, 0) is 27.7 Å². The predicted octanol–water partition coefficient (Wildman–Crippen LogP) is 1.88. The van der Waals surface area contributed by atoms with E-state index in [1.807, 2.05) is 0 Å². The highest BCUT2D eigenvalue weighted by atomic mass is 19.4. The predicted molar refractivity (Wildman–Crippen MR) is 60.2 cm³/mol. The first-order valence-electron chi connectivity index (χ1n) is 5.57. The molecular weight excluding hydrogens is 251 g/mol. The van der Waals surface area contributed by atoms with Gasteiger partial charge in [0.15, 0.2) is 6.10 Å². The maximum absolute atomic E-state index is 12.3. The van der Waals surface area contributed by atoms with Crippen molar-refractivity contribution in [3.63, 3.8) is 0 Å². The largest absolute Gasteiger partial charge is 0.468 e. The molecule has 108 valence electrons. The minimum atomic E-state index is -4.45. The Morgan fingerprint density at radius 1 is 1.28 bits per heavy atom. The molecule has 0 aromatic heterocycles. The van der Waals surface area contributed by atoms with E-state index in [9.17, 15) is 18.0 Å². The van der Waals surface area contributed by atoms with Crippen LogP contribution in [0.1, 0.15) is 27.7 Å². The molecule has 0 aromatic rings. The summed E-state index contributed by atoms with van der Waals surface area (Å²) in [5.41, 5.74) is -1.30. The molecule has 0 aliphatic carbocycles. The molecule has 0 saturated carbocycles. The summed E-state index contributed by atoms with van der Waals surface area (Å²) in [6.45, 7) is 5.47. The number of alkyl halides is 3. The van der Waals surface area contributed by atoms with Gasteiger partial charge < -0.3 is 9.47 Å². The summed E-state index contributed by atoms with van der Waals surface area (Å²) >= 11 is 0. The van der Waals surface area contributed by atoms with Crippen LogP contribution < -0.4 is 5.32 Å². The molecule has 0 radical (unpaired) electrons. The Balaban J connectivity index is 4.67. The highest BCUT2D eigenvalue weighted by Crippen LogP contribution is 2.23. The van der Waals surface area contributed by atoms with Gasteiger partial charge >= 0.3 is 12.1 Å². The summed E-state index contributed by atoms with van der Waals surface area (Å²) < 4.78 is 46.2. The van der Waals surface area contributed by atoms with E-state index in [4.69, 9.17) is 4.74 Å². The fourth-order valence-corrected chi connectivity index (χ4v) is 1.41. The van der Waals surface area contributed by atoms with Crippen LogP contribution >= 0.6 is 0 Å². The van der Waals surface area contributed by atoms with E-state index in [-0.39, 0.29) is 6.04 Å². The summed E-state index contributed by atoms with van der Waals surface area (Å²) in [5.74, 6) is -0.662. The van der Waals surface area contributed by atoms with Gasteiger partial charge in [-0.3, -0.25) is 5.32 Å². The van der Waals surface area contributed by atoms with Crippen LogP contribution in [-0.4, -0.2) is 43.5 Å². The zero-order chi connectivity index (χ0) is 14.6. The SMILES string of the molecule is COC(=O)C(C)(COC(C)C(F)(F)F)NC(C)C. The topological polar surface area (TPSA) is 47.6 Å². The van der Waals surface area contributed by atoms with Gasteiger partial charge in [0.2, 0.25) is 0 Å². The van der Waals surface area contributed by atoms with Gasteiger partial charge in [-0.25, -0.2) is 4.79 Å². The Bertz CT molecular complexity index is 281. The monoisotopic (exact) mass is 271 g/mol. The van der Waals surface area contributed by atoms with E-state index < -0.39 is 30.4 Å². The third-order valence-electron chi connectivity index (χ3n) is 2.33. The average Bonchev–Trinajstić information content (AvgIpc) is 2.22. The summed E-state index contributed by atoms with van der Waals surface area (Å²) in [5, 5.41) is 2.85. The van der Waals surface area contributed by atoms with Crippen LogP contribution in [-0.2, 0) is 14.3 Å². The van der Waals surface area contributed by atoms with Gasteiger partial charge in [-0.2, -0.15) is 13.2 Å². The Morgan fingerprint density at radius 3 is 2.11 bits per heavy atom. The smallest absolute Gasteiger partial charge is 0.414 e. The Morgan fingerprint density at radius 2 is 1.78 bits per heavy atom. The number of hydrogen-bond donors (Lipinski definition) is 1. The summed E-state index contributed by atoms with van der Waals surface area (Å²) in [4.78, 5) is 11.6. The van der Waals surface area contributed by atoms with Crippen molar-refractivity contribution in [3.8, 4) is 0 Å². The molecule has 0 saturated heterocycles. The number of carbonyl (C=O) groups is 1. The number of rotatable bonds is 6. The first-order chi connectivity index (χ1) is 8.03. The quantitative estimate of drug-likeness (QED) is 0.749. The van der Waals surface area contributed by atoms with Crippen molar-refractivity contribution in [1.29, 1.82) is 0 Å². The molecule has 0 amide bonds. The minimum Gasteiger partial charge on any atom is -0.468 e. The fraction of sp³-hybridized carbons (Fsp3) is 0.909. The molecule has 0 aliphatic rings. The van der Waals surface area contributed by atoms with E-state index in [0.29, 0.717) is 0 Å². The van der Waals surface area contributed by atoms with E-state index in [0.717, 1.165) is 6.92 Å². The molecule has 2 unspecified atom stereocenters. The molecule has 2 atom stereocenters. The molecule has 0 aromatic carbocycles. The van der Waals surface area contributed by atoms with Crippen molar-refractivity contribution < 1.29 is 27.4 Å². The Kier molecular flexibility index (Phi) is 6.09. The van der Waals surface area contributed by atoms with Crippen LogP contribution in [0.2, 0.25) is 0 Å². The maximum atomic E-state index is 12.3. The molecule has 4 nitrogen and oxygen atoms in total. The van der Waals surface area contributed by atoms with Crippen molar-refractivity contribution in [2.45, 2.75) is 51.6 Å². The summed E-state index contributed by atoms with van der Waals surface area (Å²) in [7, 11) is 1.18. The number of carbonyl (C=O) groups excluding carboxylic acids is 1. The molecule has 1 N–H and O–H groups in total. The molecule has 0 fully saturated rings. The van der Waals surface area contributed by atoms with Gasteiger partial charge in [-0.15, -0.1) is 0 Å². The standard InChI is InChI=1S/C11H20F3NO3/c1-7(2)15-10(4,9(16)17-5)6-18-8(3)11(12,13)14/h7-8,15H,6H2,1-5H3. The van der Waals surface area contributed by atoms with Crippen molar-refractivity contribution in [2.75, 3.05) is 13.7 Å². The second-order valence-electron chi connectivity index (χ2n) is 4.62. The van der Waals surface area contributed by atoms with Gasteiger partial charge in [0.05, 0.1) is 13.7 Å². The Labute approximate surface area is 105 Å². The molecule has 18 heavy (non-hydrogen) atoms. The normalized spacial score (nSPS) is 17.4. The number of hydrogen-bond acceptors (Lipinski definition) is 4. The van der Waals surface area contributed by atoms with Crippen molar-refractivity contribution >= 4 is 5.97 Å². The first-order valence-corrected chi connectivity index (χ1v) is 5.57. The van der Waals surface area contributed by atoms with Gasteiger partial charge in [0, 0.05) is 6.04 Å². The number of ether oxygens (including phenoxy) is 2. The number of nitrogens with one attached hydrogen (secondary N) is 1. The van der Waals surface area contributed by atoms with Crippen molar-refractivity contribution in [3.05, 3.63) is 0 Å². The van der Waals surface area contributed by atoms with Crippen LogP contribution in [0.3, 0.4) is 0 Å². The molecule has 0 rings (SSSR count). The van der Waals surface area contributed by atoms with Crippen LogP contribution in [0.25, 0.3) is 0 Å². The van der Waals surface area contributed by atoms with E-state index in [1.165, 1.54) is 14.0 Å². The maximum Gasteiger partial charge on any atom is 0.414 e. The second kappa shape index (κ2) is 6.38. The van der Waals surface area contributed by atoms with E-state index in [1.54, 1.807) is 13.8 Å². The third kappa shape index (κ3) is 5.22. The summed E-state index contributed by atoms with van der Waals surface area (Å²) in [6.07, 6.45) is -6.38. The molecule has 0 aliphatic heterocycles. The second-order valence-corrected chi connectivity index (χ2v) is 4.62. The molecule has 7 heteroatoms. The van der Waals surface area contributed by atoms with Crippen LogP contribution in [0.4, 0.5) is 13.2 Å². The Hall–Kier alpha value is -0.820. The minimum absolute atomic E-state index is 0.0982. The highest BCUT2D eigenvalue weighted by molar-refractivity contribution is 5.80. The lowest BCUT2D eigenvalue weighted by Gasteiger charge is -2.31. The van der Waals surface area contributed by atoms with Crippen LogP contribution in [0.5, 0.6) is 0 Å². The van der Waals surface area contributed by atoms with Gasteiger partial charge in [0.1, 0.15) is 5.54 Å². The zero-order valence-electron chi connectivity index (χ0n) is 11.2. The summed E-state index contributed by atoms with van der Waals surface area (Å²) in [6, 6.07) is -0.0982. The molecular formula is C11H20F3NO3. The van der Waals surface area contributed by atoms with Crippen LogP contribution in [0.15, 0.2) is 0 Å². The van der Waals surface area contributed by atoms with Gasteiger partial charge in [0.25, 0.3) is 0 Å². The van der Waals surface area contributed by atoms with E-state index >= 15 is 0 Å². The lowest BCUT2D eigenvalue weighted by molar-refractivity contribution is -0.219. The van der Waals surface area contributed by atoms with Gasteiger partial charge in [-0.1, -0.05) is 0 Å². The number of methoxy groups -OCH3 is 1. The first kappa shape index (κ1) is 17.2. The molecule has 0 heterocycles. The zero-order valence-corrected chi connectivity index (χ0v) is 11.2. The van der Waals surface area contributed by atoms with Crippen molar-refractivity contribution in [1.82, 2.24) is 5.32 Å². The highest BCUT2D eigenvalue weighted by Gasteiger charge is 2.41. The lowest BCUT2D eigenvalue weighted by atomic mass is 10.0.